The van der Waals surface area contributed by atoms with E-state index in [1.54, 1.807) is 0 Å². The largest absolute Gasteiger partial charge is 0.466 e. The summed E-state index contributed by atoms with van der Waals surface area (Å²) in [6.45, 7) is 8.15. The minimum Gasteiger partial charge on any atom is -0.466 e. The standard InChI is InChI=1S/C20H32N2O2/c1-15-11-19(16(2)24-15)14-22-9-7-18(8-10-22)13-21-20(23)12-17-5-3-4-6-17/h11,17-18H,3-10,12-14H2,1-2H3,(H,21,23). The predicted molar refractivity (Wildman–Crippen MR) is 95.8 cm³/mol. The van der Waals surface area contributed by atoms with E-state index in [0.29, 0.717) is 11.8 Å². The zero-order valence-corrected chi connectivity index (χ0v) is 15.3. The average molecular weight is 332 g/mol. The topological polar surface area (TPSA) is 45.5 Å². The number of carbonyl (C=O) groups is 1. The minimum atomic E-state index is 0.272. The highest BCUT2D eigenvalue weighted by atomic mass is 16.3. The Balaban J connectivity index is 1.34. The first-order valence-corrected chi connectivity index (χ1v) is 9.65. The van der Waals surface area contributed by atoms with Crippen molar-refractivity contribution in [3.05, 3.63) is 23.2 Å². The second kappa shape index (κ2) is 8.19. The zero-order valence-electron chi connectivity index (χ0n) is 15.3. The average Bonchev–Trinajstić information content (AvgIpc) is 3.16. The number of hydrogen-bond donors (Lipinski definition) is 1. The Morgan fingerprint density at radius 3 is 2.50 bits per heavy atom. The van der Waals surface area contributed by atoms with Crippen LogP contribution in [0.15, 0.2) is 10.5 Å². The molecule has 2 aliphatic rings. The lowest BCUT2D eigenvalue weighted by Crippen LogP contribution is -2.38. The highest BCUT2D eigenvalue weighted by Crippen LogP contribution is 2.27. The van der Waals surface area contributed by atoms with Crippen LogP contribution in [0.1, 0.15) is 62.0 Å². The molecule has 1 aliphatic heterocycles. The van der Waals surface area contributed by atoms with Crippen LogP contribution in [-0.4, -0.2) is 30.4 Å². The number of aryl methyl sites for hydroxylation is 2. The number of piperidine rings is 1. The van der Waals surface area contributed by atoms with Crippen LogP contribution in [0.5, 0.6) is 0 Å². The fourth-order valence-corrected chi connectivity index (χ4v) is 4.24. The first kappa shape index (κ1) is 17.5. The molecule has 1 amide bonds. The quantitative estimate of drug-likeness (QED) is 0.862. The van der Waals surface area contributed by atoms with Gasteiger partial charge in [-0.2, -0.15) is 0 Å². The molecule has 134 valence electrons. The van der Waals surface area contributed by atoms with Gasteiger partial charge < -0.3 is 9.73 Å². The first-order chi connectivity index (χ1) is 11.6. The van der Waals surface area contributed by atoms with Crippen molar-refractivity contribution in [1.29, 1.82) is 0 Å². The summed E-state index contributed by atoms with van der Waals surface area (Å²) >= 11 is 0. The van der Waals surface area contributed by atoms with Gasteiger partial charge >= 0.3 is 0 Å². The number of furan rings is 1. The normalized spacial score (nSPS) is 20.6. The summed E-state index contributed by atoms with van der Waals surface area (Å²) in [7, 11) is 0. The van der Waals surface area contributed by atoms with E-state index in [9.17, 15) is 4.79 Å². The van der Waals surface area contributed by atoms with Crippen molar-refractivity contribution in [2.75, 3.05) is 19.6 Å². The van der Waals surface area contributed by atoms with Gasteiger partial charge in [0.25, 0.3) is 0 Å². The molecule has 3 rings (SSSR count). The number of nitrogens with one attached hydrogen (secondary N) is 1. The van der Waals surface area contributed by atoms with E-state index in [-0.39, 0.29) is 5.91 Å². The molecule has 0 radical (unpaired) electrons. The fraction of sp³-hybridized carbons (Fsp3) is 0.750. The SMILES string of the molecule is Cc1cc(CN2CCC(CNC(=O)CC3CCCC3)CC2)c(C)o1. The third-order valence-electron chi connectivity index (χ3n) is 5.78. The number of nitrogens with zero attached hydrogens (tertiary/aromatic N) is 1. The van der Waals surface area contributed by atoms with Crippen LogP contribution in [0.25, 0.3) is 0 Å². The van der Waals surface area contributed by atoms with Crippen molar-refractivity contribution in [3.8, 4) is 0 Å². The number of rotatable bonds is 6. The van der Waals surface area contributed by atoms with Crippen molar-refractivity contribution in [2.24, 2.45) is 11.8 Å². The molecule has 0 unspecified atom stereocenters. The van der Waals surface area contributed by atoms with Gasteiger partial charge in [0, 0.05) is 25.1 Å². The molecular weight excluding hydrogens is 300 g/mol. The number of hydrogen-bond acceptors (Lipinski definition) is 3. The molecule has 1 aromatic heterocycles. The molecule has 0 aromatic carbocycles. The van der Waals surface area contributed by atoms with Gasteiger partial charge in [0.05, 0.1) is 0 Å². The molecule has 0 atom stereocenters. The lowest BCUT2D eigenvalue weighted by molar-refractivity contribution is -0.122. The Morgan fingerprint density at radius 2 is 1.88 bits per heavy atom. The Hall–Kier alpha value is -1.29. The first-order valence-electron chi connectivity index (χ1n) is 9.65. The van der Waals surface area contributed by atoms with E-state index in [1.807, 2.05) is 6.92 Å². The highest BCUT2D eigenvalue weighted by molar-refractivity contribution is 5.76. The second-order valence-electron chi connectivity index (χ2n) is 7.82. The molecule has 1 N–H and O–H groups in total. The van der Waals surface area contributed by atoms with Crippen LogP contribution in [0.3, 0.4) is 0 Å². The molecular formula is C20H32N2O2. The Labute approximate surface area is 146 Å². The van der Waals surface area contributed by atoms with Crippen LogP contribution >= 0.6 is 0 Å². The molecule has 2 heterocycles. The second-order valence-corrected chi connectivity index (χ2v) is 7.82. The molecule has 24 heavy (non-hydrogen) atoms. The maximum Gasteiger partial charge on any atom is 0.220 e. The number of amides is 1. The van der Waals surface area contributed by atoms with Crippen LogP contribution in [0.2, 0.25) is 0 Å². The molecule has 4 heteroatoms. The highest BCUT2D eigenvalue weighted by Gasteiger charge is 2.22. The predicted octanol–water partition coefficient (Wildman–Crippen LogP) is 3.80. The maximum atomic E-state index is 12.1. The summed E-state index contributed by atoms with van der Waals surface area (Å²) in [5.41, 5.74) is 1.32. The molecule has 4 nitrogen and oxygen atoms in total. The van der Waals surface area contributed by atoms with Gasteiger partial charge in [-0.15, -0.1) is 0 Å². The van der Waals surface area contributed by atoms with Crippen molar-refractivity contribution in [1.82, 2.24) is 10.2 Å². The maximum absolute atomic E-state index is 12.1. The number of carbonyl (C=O) groups excluding carboxylic acids is 1. The monoisotopic (exact) mass is 332 g/mol. The zero-order chi connectivity index (χ0) is 16.9. The van der Waals surface area contributed by atoms with Crippen LogP contribution in [-0.2, 0) is 11.3 Å². The molecule has 1 saturated carbocycles. The smallest absolute Gasteiger partial charge is 0.220 e. The van der Waals surface area contributed by atoms with Crippen molar-refractivity contribution < 1.29 is 9.21 Å². The van der Waals surface area contributed by atoms with E-state index in [2.05, 4.69) is 23.2 Å². The van der Waals surface area contributed by atoms with Gasteiger partial charge in [0.1, 0.15) is 11.5 Å². The molecule has 1 aliphatic carbocycles. The summed E-state index contributed by atoms with van der Waals surface area (Å²) in [5.74, 6) is 3.61. The van der Waals surface area contributed by atoms with Gasteiger partial charge in [0.2, 0.25) is 5.91 Å². The Kier molecular flexibility index (Phi) is 5.99. The Morgan fingerprint density at radius 1 is 1.17 bits per heavy atom. The van der Waals surface area contributed by atoms with Crippen molar-refractivity contribution >= 4 is 5.91 Å². The van der Waals surface area contributed by atoms with Crippen LogP contribution in [0, 0.1) is 25.7 Å². The van der Waals surface area contributed by atoms with Crippen LogP contribution in [0.4, 0.5) is 0 Å². The lowest BCUT2D eigenvalue weighted by atomic mass is 9.96. The van der Waals surface area contributed by atoms with Crippen LogP contribution < -0.4 is 5.32 Å². The van der Waals surface area contributed by atoms with E-state index in [0.717, 1.165) is 44.1 Å². The van der Waals surface area contributed by atoms with Gasteiger partial charge in [-0.25, -0.2) is 0 Å². The van der Waals surface area contributed by atoms with E-state index < -0.39 is 0 Å². The van der Waals surface area contributed by atoms with E-state index >= 15 is 0 Å². The summed E-state index contributed by atoms with van der Waals surface area (Å²) in [5, 5.41) is 3.18. The van der Waals surface area contributed by atoms with E-state index in [4.69, 9.17) is 4.42 Å². The summed E-state index contributed by atoms with van der Waals surface area (Å²) < 4.78 is 5.62. The fourth-order valence-electron chi connectivity index (χ4n) is 4.24. The molecule has 1 saturated heterocycles. The molecule has 0 spiro atoms. The van der Waals surface area contributed by atoms with Gasteiger partial charge in [-0.1, -0.05) is 12.8 Å². The van der Waals surface area contributed by atoms with Gasteiger partial charge in [0.15, 0.2) is 0 Å². The van der Waals surface area contributed by atoms with Gasteiger partial charge in [-0.3, -0.25) is 9.69 Å². The van der Waals surface area contributed by atoms with Crippen molar-refractivity contribution in [3.63, 3.8) is 0 Å². The summed E-state index contributed by atoms with van der Waals surface area (Å²) in [4.78, 5) is 14.6. The van der Waals surface area contributed by atoms with Gasteiger partial charge in [-0.05, 0) is 70.5 Å². The minimum absolute atomic E-state index is 0.272. The third kappa shape index (κ3) is 4.85. The molecule has 1 aromatic rings. The number of likely N-dealkylation sites (tertiary alicyclic amines) is 1. The molecule has 2 fully saturated rings. The summed E-state index contributed by atoms with van der Waals surface area (Å²) in [6, 6.07) is 2.16. The van der Waals surface area contributed by atoms with Crippen molar-refractivity contribution in [2.45, 2.75) is 65.3 Å². The molecule has 0 bridgehead atoms. The lowest BCUT2D eigenvalue weighted by Gasteiger charge is -2.32. The third-order valence-corrected chi connectivity index (χ3v) is 5.78. The van der Waals surface area contributed by atoms with E-state index in [1.165, 1.54) is 44.1 Å². The Bertz CT molecular complexity index is 538. The summed E-state index contributed by atoms with van der Waals surface area (Å²) in [6.07, 6.45) is 8.23.